The first-order chi connectivity index (χ1) is 9.97. The number of carbonyl (C=O) groups is 1. The Kier molecular flexibility index (Phi) is 4.43. The van der Waals surface area contributed by atoms with Crippen molar-refractivity contribution in [2.24, 2.45) is 0 Å². The third-order valence-corrected chi connectivity index (χ3v) is 3.45. The molecule has 0 bridgehead atoms. The molecule has 0 radical (unpaired) electrons. The number of nitrogens with zero attached hydrogens (tertiary/aromatic N) is 3. The second kappa shape index (κ2) is 6.27. The van der Waals surface area contributed by atoms with E-state index in [9.17, 15) is 14.9 Å². The maximum atomic E-state index is 10.9. The zero-order valence-corrected chi connectivity index (χ0v) is 11.9. The summed E-state index contributed by atoms with van der Waals surface area (Å²) in [4.78, 5) is 29.2. The van der Waals surface area contributed by atoms with Gasteiger partial charge in [0.1, 0.15) is 0 Å². The van der Waals surface area contributed by atoms with Crippen molar-refractivity contribution in [3.63, 3.8) is 0 Å². The molecule has 9 heteroatoms. The number of hydrogen-bond donors (Lipinski definition) is 2. The van der Waals surface area contributed by atoms with E-state index in [0.717, 1.165) is 22.8 Å². The predicted molar refractivity (Wildman–Crippen MR) is 76.9 cm³/mol. The van der Waals surface area contributed by atoms with Crippen LogP contribution in [0.25, 0.3) is 0 Å². The van der Waals surface area contributed by atoms with Crippen molar-refractivity contribution >= 4 is 28.8 Å². The molecule has 2 rings (SSSR count). The van der Waals surface area contributed by atoms with E-state index in [4.69, 9.17) is 5.11 Å². The number of nitrogens with one attached hydrogen (secondary N) is 1. The number of rotatable bonds is 6. The van der Waals surface area contributed by atoms with Crippen molar-refractivity contribution in [2.75, 3.05) is 11.9 Å². The highest BCUT2D eigenvalue weighted by molar-refractivity contribution is 7.09. The lowest BCUT2D eigenvalue weighted by molar-refractivity contribution is -0.384. The summed E-state index contributed by atoms with van der Waals surface area (Å²) >= 11 is 1.52. The van der Waals surface area contributed by atoms with Gasteiger partial charge in [0.15, 0.2) is 5.69 Å². The van der Waals surface area contributed by atoms with E-state index in [0.29, 0.717) is 13.0 Å². The average molecular weight is 308 g/mol. The minimum Gasteiger partial charge on any atom is -0.477 e. The van der Waals surface area contributed by atoms with Gasteiger partial charge < -0.3 is 10.4 Å². The first-order valence-corrected chi connectivity index (χ1v) is 6.89. The van der Waals surface area contributed by atoms with E-state index in [-0.39, 0.29) is 17.2 Å². The van der Waals surface area contributed by atoms with Crippen LogP contribution in [0.4, 0.5) is 11.5 Å². The molecule has 2 heterocycles. The summed E-state index contributed by atoms with van der Waals surface area (Å²) in [5.74, 6) is -1.28. The maximum Gasteiger partial charge on any atom is 0.354 e. The number of pyridine rings is 1. The van der Waals surface area contributed by atoms with Crippen molar-refractivity contribution in [3.8, 4) is 0 Å². The van der Waals surface area contributed by atoms with E-state index < -0.39 is 10.9 Å². The van der Waals surface area contributed by atoms with E-state index in [1.807, 2.05) is 12.3 Å². The highest BCUT2D eigenvalue weighted by Gasteiger charge is 2.18. The first kappa shape index (κ1) is 14.9. The standard InChI is InChI=1S/C12H12N4O4S/c1-7-14-8(6-21-7)4-5-13-11-10(16(19)20)3-2-9(15-11)12(17)18/h2-3,6H,4-5H2,1H3,(H,13,15)(H,17,18). The molecular weight excluding hydrogens is 296 g/mol. The van der Waals surface area contributed by atoms with E-state index in [2.05, 4.69) is 15.3 Å². The number of carboxylic acid groups (broad SMARTS) is 1. The molecule has 2 N–H and O–H groups in total. The van der Waals surface area contributed by atoms with Gasteiger partial charge in [-0.3, -0.25) is 10.1 Å². The lowest BCUT2D eigenvalue weighted by atomic mass is 10.3. The fraction of sp³-hybridized carbons (Fsp3) is 0.250. The molecule has 2 aromatic rings. The van der Waals surface area contributed by atoms with Gasteiger partial charge in [0.05, 0.1) is 15.6 Å². The van der Waals surface area contributed by atoms with Crippen LogP contribution in [0.1, 0.15) is 21.2 Å². The van der Waals surface area contributed by atoms with Crippen LogP contribution in [0.15, 0.2) is 17.5 Å². The minimum atomic E-state index is -1.23. The number of aromatic nitrogens is 2. The fourth-order valence-corrected chi connectivity index (χ4v) is 2.33. The third kappa shape index (κ3) is 3.72. The number of aromatic carboxylic acids is 1. The van der Waals surface area contributed by atoms with Crippen LogP contribution < -0.4 is 5.32 Å². The van der Waals surface area contributed by atoms with Gasteiger partial charge in [0.2, 0.25) is 5.82 Å². The second-order valence-electron chi connectivity index (χ2n) is 4.16. The Balaban J connectivity index is 2.11. The minimum absolute atomic E-state index is 0.0492. The second-order valence-corrected chi connectivity index (χ2v) is 5.22. The van der Waals surface area contributed by atoms with Gasteiger partial charge in [-0.25, -0.2) is 14.8 Å². The molecule has 0 fully saturated rings. The number of nitro groups is 1. The number of hydrogen-bond acceptors (Lipinski definition) is 7. The summed E-state index contributed by atoms with van der Waals surface area (Å²) in [6, 6.07) is 2.24. The van der Waals surface area contributed by atoms with Crippen molar-refractivity contribution in [1.82, 2.24) is 9.97 Å². The Morgan fingerprint density at radius 2 is 2.24 bits per heavy atom. The molecule has 0 amide bonds. The van der Waals surface area contributed by atoms with Gasteiger partial charge in [-0.2, -0.15) is 0 Å². The highest BCUT2D eigenvalue weighted by Crippen LogP contribution is 2.22. The Labute approximate surface area is 123 Å². The quantitative estimate of drug-likeness (QED) is 0.619. The molecule has 0 aliphatic rings. The molecular formula is C12H12N4O4S. The molecule has 110 valence electrons. The smallest absolute Gasteiger partial charge is 0.354 e. The van der Waals surface area contributed by atoms with E-state index in [1.165, 1.54) is 11.3 Å². The summed E-state index contributed by atoms with van der Waals surface area (Å²) in [5, 5.41) is 25.4. The molecule has 0 spiro atoms. The predicted octanol–water partition coefficient (Wildman–Crippen LogP) is 2.11. The van der Waals surface area contributed by atoms with Gasteiger partial charge in [-0.15, -0.1) is 11.3 Å². The third-order valence-electron chi connectivity index (χ3n) is 2.63. The average Bonchev–Trinajstić information content (AvgIpc) is 2.84. The molecule has 0 atom stereocenters. The number of thiazole rings is 1. The van der Waals surface area contributed by atoms with Crippen molar-refractivity contribution in [2.45, 2.75) is 13.3 Å². The van der Waals surface area contributed by atoms with Crippen LogP contribution in [-0.4, -0.2) is 32.5 Å². The van der Waals surface area contributed by atoms with Gasteiger partial charge in [-0.1, -0.05) is 0 Å². The van der Waals surface area contributed by atoms with E-state index >= 15 is 0 Å². The van der Waals surface area contributed by atoms with Gasteiger partial charge >= 0.3 is 11.7 Å². The Hall–Kier alpha value is -2.55. The fourth-order valence-electron chi connectivity index (χ4n) is 1.68. The van der Waals surface area contributed by atoms with Crippen molar-refractivity contribution in [1.29, 1.82) is 0 Å². The summed E-state index contributed by atoms with van der Waals surface area (Å²) < 4.78 is 0. The molecule has 8 nitrogen and oxygen atoms in total. The Bertz CT molecular complexity index is 686. The molecule has 21 heavy (non-hydrogen) atoms. The van der Waals surface area contributed by atoms with Gasteiger partial charge in [0, 0.05) is 24.4 Å². The summed E-state index contributed by atoms with van der Waals surface area (Å²) in [6.07, 6.45) is 0.570. The van der Waals surface area contributed by atoms with Crippen LogP contribution in [0.5, 0.6) is 0 Å². The lowest BCUT2D eigenvalue weighted by Crippen LogP contribution is -2.11. The number of carboxylic acids is 1. The maximum absolute atomic E-state index is 10.9. The zero-order valence-electron chi connectivity index (χ0n) is 11.1. The van der Waals surface area contributed by atoms with Crippen LogP contribution in [0.3, 0.4) is 0 Å². The van der Waals surface area contributed by atoms with Crippen LogP contribution >= 0.6 is 11.3 Å². The summed E-state index contributed by atoms with van der Waals surface area (Å²) in [5.41, 5.74) is 0.379. The molecule has 0 aliphatic carbocycles. The van der Waals surface area contributed by atoms with Crippen molar-refractivity contribution < 1.29 is 14.8 Å². The largest absolute Gasteiger partial charge is 0.477 e. The van der Waals surface area contributed by atoms with Crippen molar-refractivity contribution in [3.05, 3.63) is 44.0 Å². The lowest BCUT2D eigenvalue weighted by Gasteiger charge is -2.06. The molecule has 0 aromatic carbocycles. The molecule has 0 unspecified atom stereocenters. The Morgan fingerprint density at radius 3 is 2.81 bits per heavy atom. The number of aryl methyl sites for hydroxylation is 1. The van der Waals surface area contributed by atoms with Crippen LogP contribution in [-0.2, 0) is 6.42 Å². The Morgan fingerprint density at radius 1 is 1.48 bits per heavy atom. The monoisotopic (exact) mass is 308 g/mol. The number of anilines is 1. The van der Waals surface area contributed by atoms with Crippen LogP contribution in [0.2, 0.25) is 0 Å². The summed E-state index contributed by atoms with van der Waals surface area (Å²) in [7, 11) is 0. The van der Waals surface area contributed by atoms with Gasteiger partial charge in [-0.05, 0) is 13.0 Å². The SMILES string of the molecule is Cc1nc(CCNc2nc(C(=O)O)ccc2[N+](=O)[O-])cs1. The molecule has 0 saturated carbocycles. The zero-order chi connectivity index (χ0) is 15.4. The molecule has 0 aliphatic heterocycles. The normalized spacial score (nSPS) is 10.3. The topological polar surface area (TPSA) is 118 Å². The highest BCUT2D eigenvalue weighted by atomic mass is 32.1. The molecule has 2 aromatic heterocycles. The van der Waals surface area contributed by atoms with Gasteiger partial charge in [0.25, 0.3) is 0 Å². The first-order valence-electron chi connectivity index (χ1n) is 6.01. The summed E-state index contributed by atoms with van der Waals surface area (Å²) in [6.45, 7) is 2.27. The van der Waals surface area contributed by atoms with E-state index in [1.54, 1.807) is 0 Å². The molecule has 0 saturated heterocycles. The van der Waals surface area contributed by atoms with Crippen LogP contribution in [0, 0.1) is 17.0 Å².